The van der Waals surface area contributed by atoms with Crippen molar-refractivity contribution in [3.05, 3.63) is 92.5 Å². The van der Waals surface area contributed by atoms with Gasteiger partial charge in [0.25, 0.3) is 11.1 Å². The molecular weight excluding hydrogens is 563 g/mol. The first-order valence-corrected chi connectivity index (χ1v) is 12.7. The van der Waals surface area contributed by atoms with Gasteiger partial charge in [0.15, 0.2) is 11.5 Å². The van der Waals surface area contributed by atoms with Crippen LogP contribution in [0, 0.1) is 12.7 Å². The highest BCUT2D eigenvalue weighted by Gasteiger charge is 2.36. The monoisotopic (exact) mass is 584 g/mol. The van der Waals surface area contributed by atoms with E-state index >= 15 is 0 Å². The second-order valence-electron chi connectivity index (χ2n) is 8.13. The highest BCUT2D eigenvalue weighted by atomic mass is 79.9. The molecule has 0 unspecified atom stereocenters. The van der Waals surface area contributed by atoms with Crippen molar-refractivity contribution >= 4 is 56.5 Å². The number of nitrogens with zero attached hydrogens (tertiary/aromatic N) is 1. The normalized spacial score (nSPS) is 14.3. The number of amides is 3. The van der Waals surface area contributed by atoms with E-state index in [1.807, 2.05) is 19.1 Å². The zero-order chi connectivity index (χ0) is 26.5. The molecule has 0 radical (unpaired) electrons. The number of halogens is 2. The van der Waals surface area contributed by atoms with Crippen LogP contribution in [0.5, 0.6) is 11.5 Å². The summed E-state index contributed by atoms with van der Waals surface area (Å²) in [5, 5.41) is 2.15. The van der Waals surface area contributed by atoms with Gasteiger partial charge < -0.3 is 14.8 Å². The van der Waals surface area contributed by atoms with Crippen molar-refractivity contribution in [2.24, 2.45) is 0 Å². The summed E-state index contributed by atoms with van der Waals surface area (Å²) in [6.07, 6.45) is 1.55. The maximum Gasteiger partial charge on any atom is 0.294 e. The average Bonchev–Trinajstić information content (AvgIpc) is 3.11. The second kappa shape index (κ2) is 11.6. The number of imide groups is 1. The molecule has 3 aromatic rings. The Kier molecular flexibility index (Phi) is 8.30. The van der Waals surface area contributed by atoms with Crippen LogP contribution in [0.25, 0.3) is 6.08 Å². The topological polar surface area (TPSA) is 84.9 Å². The Labute approximate surface area is 225 Å². The summed E-state index contributed by atoms with van der Waals surface area (Å²) >= 11 is 4.21. The lowest BCUT2D eigenvalue weighted by Crippen LogP contribution is -2.36. The van der Waals surface area contributed by atoms with Gasteiger partial charge in [-0.2, -0.15) is 0 Å². The Morgan fingerprint density at radius 3 is 2.59 bits per heavy atom. The molecule has 4 rings (SSSR count). The van der Waals surface area contributed by atoms with E-state index in [2.05, 4.69) is 21.2 Å². The minimum Gasteiger partial charge on any atom is -0.493 e. The van der Waals surface area contributed by atoms with Crippen molar-refractivity contribution in [2.45, 2.75) is 13.5 Å². The molecule has 10 heteroatoms. The van der Waals surface area contributed by atoms with Crippen molar-refractivity contribution in [3.8, 4) is 11.5 Å². The molecule has 37 heavy (non-hydrogen) atoms. The quantitative estimate of drug-likeness (QED) is 0.319. The Balaban J connectivity index is 1.46. The zero-order valence-corrected chi connectivity index (χ0v) is 22.3. The third-order valence-electron chi connectivity index (χ3n) is 5.33. The number of aryl methyl sites for hydroxylation is 1. The van der Waals surface area contributed by atoms with Gasteiger partial charge in [-0.05, 0) is 88.2 Å². The number of ether oxygens (including phenoxy) is 2. The molecule has 0 saturated carbocycles. The Hall–Kier alpha value is -3.63. The minimum absolute atomic E-state index is 0.121. The predicted octanol–water partition coefficient (Wildman–Crippen LogP) is 6.16. The number of carbonyl (C=O) groups excluding carboxylic acids is 3. The lowest BCUT2D eigenvalue weighted by molar-refractivity contribution is -0.127. The van der Waals surface area contributed by atoms with Gasteiger partial charge in [-0.25, -0.2) is 4.39 Å². The van der Waals surface area contributed by atoms with E-state index < -0.39 is 23.6 Å². The average molecular weight is 585 g/mol. The molecule has 3 aromatic carbocycles. The molecule has 7 nitrogen and oxygen atoms in total. The van der Waals surface area contributed by atoms with Crippen LogP contribution in [0.4, 0.5) is 14.9 Å². The molecular formula is C27H22BrFN2O5S. The second-order valence-corrected chi connectivity index (χ2v) is 9.98. The van der Waals surface area contributed by atoms with E-state index in [9.17, 15) is 18.8 Å². The molecule has 1 saturated heterocycles. The van der Waals surface area contributed by atoms with Crippen LogP contribution in [0.2, 0.25) is 0 Å². The van der Waals surface area contributed by atoms with Crippen LogP contribution in [0.1, 0.15) is 16.7 Å². The number of thioether (sulfide) groups is 1. The molecule has 0 aromatic heterocycles. The molecule has 0 bridgehead atoms. The largest absolute Gasteiger partial charge is 0.493 e. The Morgan fingerprint density at radius 2 is 1.89 bits per heavy atom. The van der Waals surface area contributed by atoms with Gasteiger partial charge in [-0.3, -0.25) is 19.3 Å². The number of nitrogens with one attached hydrogen (secondary N) is 1. The molecule has 0 aliphatic carbocycles. The van der Waals surface area contributed by atoms with Crippen LogP contribution >= 0.6 is 27.7 Å². The van der Waals surface area contributed by atoms with Crippen LogP contribution < -0.4 is 14.8 Å². The van der Waals surface area contributed by atoms with E-state index in [1.165, 1.54) is 19.2 Å². The fourth-order valence-corrected chi connectivity index (χ4v) is 4.93. The number of carbonyl (C=O) groups is 3. The van der Waals surface area contributed by atoms with Gasteiger partial charge in [0.05, 0.1) is 16.5 Å². The van der Waals surface area contributed by atoms with Gasteiger partial charge in [-0.15, -0.1) is 0 Å². The van der Waals surface area contributed by atoms with Gasteiger partial charge in [0.2, 0.25) is 5.91 Å². The first kappa shape index (κ1) is 26.4. The molecule has 1 heterocycles. The van der Waals surface area contributed by atoms with Crippen molar-refractivity contribution in [1.82, 2.24) is 4.90 Å². The van der Waals surface area contributed by atoms with E-state index in [4.69, 9.17) is 9.47 Å². The third-order valence-corrected chi connectivity index (χ3v) is 6.83. The van der Waals surface area contributed by atoms with Gasteiger partial charge >= 0.3 is 0 Å². The Bertz CT molecular complexity index is 1390. The molecule has 0 atom stereocenters. The van der Waals surface area contributed by atoms with Gasteiger partial charge in [-0.1, -0.05) is 29.8 Å². The fourth-order valence-electron chi connectivity index (χ4n) is 3.51. The number of anilines is 1. The van der Waals surface area contributed by atoms with Gasteiger partial charge in [0.1, 0.15) is 19.0 Å². The van der Waals surface area contributed by atoms with Crippen molar-refractivity contribution < 1.29 is 28.2 Å². The molecule has 1 aliphatic heterocycles. The molecule has 190 valence electrons. The first-order chi connectivity index (χ1) is 17.7. The number of hydrogen-bond acceptors (Lipinski definition) is 6. The van der Waals surface area contributed by atoms with Crippen LogP contribution in [0.15, 0.2) is 70.0 Å². The fraction of sp³-hybridized carbons (Fsp3) is 0.148. The predicted molar refractivity (Wildman–Crippen MR) is 144 cm³/mol. The number of methoxy groups -OCH3 is 1. The van der Waals surface area contributed by atoms with Crippen LogP contribution in [-0.2, 0) is 16.2 Å². The summed E-state index contributed by atoms with van der Waals surface area (Å²) in [6, 6.07) is 16.6. The minimum atomic E-state index is -0.560. The molecule has 0 spiro atoms. The van der Waals surface area contributed by atoms with E-state index in [0.717, 1.165) is 22.2 Å². The summed E-state index contributed by atoms with van der Waals surface area (Å²) in [5.41, 5.74) is 2.85. The smallest absolute Gasteiger partial charge is 0.294 e. The summed E-state index contributed by atoms with van der Waals surface area (Å²) in [4.78, 5) is 38.9. The van der Waals surface area contributed by atoms with Crippen molar-refractivity contribution in [3.63, 3.8) is 0 Å². The Morgan fingerprint density at radius 1 is 1.14 bits per heavy atom. The maximum atomic E-state index is 13.5. The summed E-state index contributed by atoms with van der Waals surface area (Å²) in [7, 11) is 1.47. The summed E-state index contributed by atoms with van der Waals surface area (Å²) < 4.78 is 25.3. The maximum absolute atomic E-state index is 13.5. The van der Waals surface area contributed by atoms with Crippen LogP contribution in [0.3, 0.4) is 0 Å². The summed E-state index contributed by atoms with van der Waals surface area (Å²) in [5.74, 6) is -0.602. The first-order valence-electron chi connectivity index (χ1n) is 11.1. The lowest BCUT2D eigenvalue weighted by Gasteiger charge is -2.14. The molecule has 3 amide bonds. The summed E-state index contributed by atoms with van der Waals surface area (Å²) in [6.45, 7) is 1.66. The van der Waals surface area contributed by atoms with Gasteiger partial charge in [0, 0.05) is 5.69 Å². The number of hydrogen-bond donors (Lipinski definition) is 1. The third kappa shape index (κ3) is 6.58. The zero-order valence-electron chi connectivity index (χ0n) is 19.9. The van der Waals surface area contributed by atoms with E-state index in [0.29, 0.717) is 32.8 Å². The van der Waals surface area contributed by atoms with Crippen LogP contribution in [-0.4, -0.2) is 35.6 Å². The molecule has 1 fully saturated rings. The molecule has 1 N–H and O–H groups in total. The van der Waals surface area contributed by atoms with Crippen molar-refractivity contribution in [2.75, 3.05) is 19.0 Å². The standard InChI is InChI=1S/C27H22BrFN2O5S/c1-16-6-8-20(9-7-16)30-24(32)14-31-26(33)23(37-27(31)34)13-18-11-21(28)25(22(12-18)35-2)36-15-17-4-3-5-19(29)10-17/h3-13H,14-15H2,1-2H3,(H,30,32)/b23-13+. The highest BCUT2D eigenvalue weighted by Crippen LogP contribution is 2.39. The highest BCUT2D eigenvalue weighted by molar-refractivity contribution is 9.10. The van der Waals surface area contributed by atoms with E-state index in [-0.39, 0.29) is 17.3 Å². The lowest BCUT2D eigenvalue weighted by atomic mass is 10.1. The number of benzene rings is 3. The van der Waals surface area contributed by atoms with E-state index in [1.54, 1.807) is 42.5 Å². The number of rotatable bonds is 8. The SMILES string of the molecule is COc1cc(/C=C2/SC(=O)N(CC(=O)Nc3ccc(C)cc3)C2=O)cc(Br)c1OCc1cccc(F)c1. The molecule has 1 aliphatic rings. The van der Waals surface area contributed by atoms with Crippen molar-refractivity contribution in [1.29, 1.82) is 0 Å².